The molecule has 0 bridgehead atoms. The molecule has 0 radical (unpaired) electrons. The number of fused-ring (bicyclic) bond motifs is 2. The number of carbonyl (C=O) groups is 5. The van der Waals surface area contributed by atoms with E-state index in [0.717, 1.165) is 71.2 Å². The molecular formula is C57H67N9O10. The van der Waals surface area contributed by atoms with E-state index in [1.807, 2.05) is 80.1 Å². The number of rotatable bonds is 17. The molecule has 2 aromatic heterocycles. The number of hydrogen-bond donors (Lipinski definition) is 3. The summed E-state index contributed by atoms with van der Waals surface area (Å²) in [5.41, 5.74) is 6.55. The van der Waals surface area contributed by atoms with Crippen LogP contribution in [0.15, 0.2) is 71.8 Å². The van der Waals surface area contributed by atoms with Crippen LogP contribution in [0.2, 0.25) is 0 Å². The first-order valence-electron chi connectivity index (χ1n) is 26.1. The molecule has 4 aliphatic rings. The number of hydrogen-bond acceptors (Lipinski definition) is 15. The molecule has 3 fully saturated rings. The first-order valence-corrected chi connectivity index (χ1v) is 26.1. The summed E-state index contributed by atoms with van der Waals surface area (Å²) in [7, 11) is 5.18. The third-order valence-electron chi connectivity index (χ3n) is 15.3. The minimum Gasteiger partial charge on any atom is -0.508 e. The van der Waals surface area contributed by atoms with E-state index in [4.69, 9.17) is 19.2 Å². The number of carbonyl (C=O) groups excluding carboxylic acids is 5. The summed E-state index contributed by atoms with van der Waals surface area (Å²) in [6, 6.07) is 16.1. The molecule has 3 aromatic carbocycles. The Kier molecular flexibility index (Phi) is 15.7. The zero-order valence-electron chi connectivity index (χ0n) is 44.3. The number of aromatic nitrogens is 4. The van der Waals surface area contributed by atoms with Gasteiger partial charge in [-0.15, -0.1) is 10.2 Å². The van der Waals surface area contributed by atoms with Crippen molar-refractivity contribution >= 4 is 47.1 Å². The van der Waals surface area contributed by atoms with Gasteiger partial charge < -0.3 is 44.4 Å². The van der Waals surface area contributed by atoms with Gasteiger partial charge in [0.2, 0.25) is 11.7 Å². The van der Waals surface area contributed by atoms with Gasteiger partial charge in [0, 0.05) is 99.7 Å². The lowest BCUT2D eigenvalue weighted by atomic mass is 9.93. The van der Waals surface area contributed by atoms with E-state index < -0.39 is 17.6 Å². The van der Waals surface area contributed by atoms with E-state index >= 15 is 0 Å². The van der Waals surface area contributed by atoms with E-state index in [1.54, 1.807) is 28.6 Å². The van der Waals surface area contributed by atoms with Gasteiger partial charge in [0.15, 0.2) is 17.7 Å². The lowest BCUT2D eigenvalue weighted by Crippen LogP contribution is -2.50. The molecule has 3 N–H and O–H groups in total. The largest absolute Gasteiger partial charge is 0.508 e. The number of phenols is 2. The number of aromatic hydroxyl groups is 2. The predicted octanol–water partition coefficient (Wildman–Crippen LogP) is 6.56. The third-order valence-corrected chi connectivity index (χ3v) is 15.3. The number of aldehydes is 2. The summed E-state index contributed by atoms with van der Waals surface area (Å²) in [4.78, 5) is 78.0. The van der Waals surface area contributed by atoms with Crippen LogP contribution in [0.25, 0.3) is 33.7 Å². The molecule has 3 saturated heterocycles. The molecule has 19 nitrogen and oxygen atoms in total. The Bertz CT molecular complexity index is 3110. The minimum atomic E-state index is -1.20. The molecule has 400 valence electrons. The van der Waals surface area contributed by atoms with Crippen LogP contribution in [-0.4, -0.2) is 159 Å². The van der Waals surface area contributed by atoms with E-state index in [2.05, 4.69) is 27.3 Å². The first kappa shape index (κ1) is 53.3. The molecule has 6 heterocycles. The van der Waals surface area contributed by atoms with Crippen LogP contribution in [0, 0.1) is 5.92 Å². The Morgan fingerprint density at radius 1 is 0.961 bits per heavy atom. The highest BCUT2D eigenvalue weighted by atomic mass is 16.6. The Labute approximate surface area is 442 Å². The summed E-state index contributed by atoms with van der Waals surface area (Å²) < 4.78 is 18.5. The number of amides is 3. The number of piperidine rings is 2. The second-order valence-corrected chi connectivity index (χ2v) is 20.5. The molecule has 76 heavy (non-hydrogen) atoms. The maximum Gasteiger partial charge on any atom is 0.415 e. The summed E-state index contributed by atoms with van der Waals surface area (Å²) in [6.45, 7) is 12.2. The number of likely N-dealkylation sites (tertiary alicyclic amines) is 2. The van der Waals surface area contributed by atoms with Crippen LogP contribution in [0.5, 0.6) is 17.2 Å². The number of phenolic OH excluding ortho intramolecular Hbond substituents is 2. The van der Waals surface area contributed by atoms with Crippen molar-refractivity contribution in [3.63, 3.8) is 0 Å². The van der Waals surface area contributed by atoms with Crippen LogP contribution in [0.3, 0.4) is 0 Å². The van der Waals surface area contributed by atoms with Crippen molar-refractivity contribution in [2.24, 2.45) is 5.92 Å². The van der Waals surface area contributed by atoms with Gasteiger partial charge in [-0.1, -0.05) is 32.9 Å². The SMILES string of the molecule is CCNC(=O)c1nnc(-c2cc(C(C)C)c(O)cc2O)n1-c1ccc(CN2CCC(C(=O)N3CCC(N(C)C(=O)Oc4ccc5nc6c(c(CC)c5c4)CN(C)/C6=C\C(=C(/C=O)COC)C4(C=O)CO4)CC3)CC2)cc1. The topological polar surface area (TPSA) is 225 Å². The molecule has 1 atom stereocenters. The van der Waals surface area contributed by atoms with Crippen molar-refractivity contribution in [3.8, 4) is 34.3 Å². The first-order chi connectivity index (χ1) is 36.6. The van der Waals surface area contributed by atoms with Crippen molar-refractivity contribution < 1.29 is 48.4 Å². The normalized spacial score (nSPS) is 19.0. The Morgan fingerprint density at radius 3 is 2.32 bits per heavy atom. The second kappa shape index (κ2) is 22.4. The van der Waals surface area contributed by atoms with E-state index in [9.17, 15) is 34.2 Å². The van der Waals surface area contributed by atoms with Gasteiger partial charge in [0.1, 0.15) is 23.5 Å². The zero-order chi connectivity index (χ0) is 54.0. The fraction of sp³-hybridized carbons (Fsp3) is 0.439. The smallest absolute Gasteiger partial charge is 0.415 e. The van der Waals surface area contributed by atoms with Crippen molar-refractivity contribution in [1.29, 1.82) is 0 Å². The number of nitrogens with one attached hydrogen (secondary N) is 1. The summed E-state index contributed by atoms with van der Waals surface area (Å²) in [6.07, 6.45) is 6.21. The van der Waals surface area contributed by atoms with Crippen LogP contribution in [-0.2, 0) is 43.4 Å². The average molecular weight is 1040 g/mol. The van der Waals surface area contributed by atoms with E-state index in [-0.39, 0.29) is 60.1 Å². The van der Waals surface area contributed by atoms with Crippen molar-refractivity contribution in [3.05, 3.63) is 106 Å². The fourth-order valence-corrected chi connectivity index (χ4v) is 10.9. The molecule has 5 aromatic rings. The van der Waals surface area contributed by atoms with Crippen molar-refractivity contribution in [1.82, 2.24) is 44.7 Å². The molecule has 4 aliphatic heterocycles. The van der Waals surface area contributed by atoms with E-state index in [0.29, 0.717) is 92.0 Å². The van der Waals surface area contributed by atoms with E-state index in [1.165, 1.54) is 13.2 Å². The van der Waals surface area contributed by atoms with Crippen LogP contribution >= 0.6 is 0 Å². The number of aryl methyl sites for hydroxylation is 1. The number of epoxide rings is 1. The number of ether oxygens (including phenoxy) is 3. The van der Waals surface area contributed by atoms with Gasteiger partial charge in [-0.2, -0.15) is 0 Å². The molecule has 0 saturated carbocycles. The Balaban J connectivity index is 0.790. The molecular weight excluding hydrogens is 971 g/mol. The number of nitrogens with zero attached hydrogens (tertiary/aromatic N) is 8. The molecule has 0 spiro atoms. The van der Waals surface area contributed by atoms with Gasteiger partial charge in [0.25, 0.3) is 5.91 Å². The van der Waals surface area contributed by atoms with Gasteiger partial charge in [-0.05, 0) is 117 Å². The maximum absolute atomic E-state index is 13.9. The molecule has 1 unspecified atom stereocenters. The highest BCUT2D eigenvalue weighted by molar-refractivity contribution is 5.93. The third kappa shape index (κ3) is 10.6. The van der Waals surface area contributed by atoms with Crippen LogP contribution in [0.1, 0.15) is 97.9 Å². The lowest BCUT2D eigenvalue weighted by Gasteiger charge is -2.39. The average Bonchev–Trinajstić information content (AvgIpc) is 4.04. The van der Waals surface area contributed by atoms with Gasteiger partial charge in [-0.25, -0.2) is 9.78 Å². The lowest BCUT2D eigenvalue weighted by molar-refractivity contribution is -0.138. The molecule has 19 heteroatoms. The molecule has 9 rings (SSSR count). The second-order valence-electron chi connectivity index (χ2n) is 20.5. The quantitative estimate of drug-likeness (QED) is 0.0510. The van der Waals surface area contributed by atoms with Crippen LogP contribution in [0.4, 0.5) is 4.79 Å². The fourth-order valence-electron chi connectivity index (χ4n) is 10.9. The van der Waals surface area contributed by atoms with Crippen molar-refractivity contribution in [2.45, 2.75) is 90.4 Å². The number of pyridine rings is 1. The summed E-state index contributed by atoms with van der Waals surface area (Å²) in [5.74, 6) is 0.162. The summed E-state index contributed by atoms with van der Waals surface area (Å²) >= 11 is 0. The van der Waals surface area contributed by atoms with Gasteiger partial charge in [-0.3, -0.25) is 28.6 Å². The molecule has 3 amide bonds. The van der Waals surface area contributed by atoms with Crippen LogP contribution < -0.4 is 10.1 Å². The highest BCUT2D eigenvalue weighted by Crippen LogP contribution is 2.43. The Morgan fingerprint density at radius 2 is 1.68 bits per heavy atom. The van der Waals surface area contributed by atoms with Gasteiger partial charge in [0.05, 0.1) is 35.7 Å². The van der Waals surface area contributed by atoms with Crippen molar-refractivity contribution in [2.75, 3.05) is 67.1 Å². The predicted molar refractivity (Wildman–Crippen MR) is 284 cm³/mol. The number of benzene rings is 3. The highest BCUT2D eigenvalue weighted by Gasteiger charge is 2.49. The zero-order valence-corrected chi connectivity index (χ0v) is 44.3. The minimum absolute atomic E-state index is 0.0257. The Hall–Kier alpha value is -7.48. The maximum atomic E-state index is 13.9. The number of methoxy groups -OCH3 is 1. The monoisotopic (exact) mass is 1040 g/mol. The molecule has 0 aliphatic carbocycles. The van der Waals surface area contributed by atoms with Gasteiger partial charge >= 0.3 is 6.09 Å². The summed E-state index contributed by atoms with van der Waals surface area (Å²) in [5, 5.41) is 33.6. The standard InChI is InChI=1S/C57H67N9O10/c1-8-41-43-24-40(14-15-47(43)59-51-45(41)29-62(5)48(51)26-46(37(30-67)31-74-7)57(32-68)33-75-57)76-56(73)63(6)38-18-22-65(23-19-38)55(72)36-16-20-64(21-17-36)28-35-10-12-39(13-11-35)66-52(60-61-53(66)54(71)58-9-2)44-25-42(34(3)4)49(69)27-50(44)70/h10-15,24-27,30,32,34,36,38,69-70H,8-9,16-23,28-29,31,33H2,1-7H3,(H,58,71)/b46-37-,48-26-.